The normalized spacial score (nSPS) is 18.8. The Morgan fingerprint density at radius 2 is 1.84 bits per heavy atom. The van der Waals surface area contributed by atoms with Gasteiger partial charge in [0.1, 0.15) is 5.54 Å². The average molecular weight is 341 g/mol. The van der Waals surface area contributed by atoms with Crippen molar-refractivity contribution in [2.24, 2.45) is 0 Å². The first kappa shape index (κ1) is 17.5. The summed E-state index contributed by atoms with van der Waals surface area (Å²) in [4.78, 5) is 26.7. The lowest BCUT2D eigenvalue weighted by atomic mass is 9.80. The van der Waals surface area contributed by atoms with E-state index in [-0.39, 0.29) is 11.8 Å². The van der Waals surface area contributed by atoms with E-state index >= 15 is 0 Å². The molecule has 2 aliphatic rings. The SMILES string of the molecule is CC(=O)NC1(C(=O)NCc2cccc(N3CC=CC3)c2)CCCCC1. The van der Waals surface area contributed by atoms with Gasteiger partial charge in [0.15, 0.2) is 0 Å². The summed E-state index contributed by atoms with van der Waals surface area (Å²) in [5.74, 6) is -0.198. The highest BCUT2D eigenvalue weighted by molar-refractivity contribution is 5.91. The number of nitrogens with one attached hydrogen (secondary N) is 2. The molecule has 0 bridgehead atoms. The van der Waals surface area contributed by atoms with Gasteiger partial charge in [-0.25, -0.2) is 0 Å². The van der Waals surface area contributed by atoms with Crippen LogP contribution in [0.25, 0.3) is 0 Å². The van der Waals surface area contributed by atoms with Crippen LogP contribution in [0.4, 0.5) is 5.69 Å². The first-order valence-corrected chi connectivity index (χ1v) is 9.15. The van der Waals surface area contributed by atoms with Gasteiger partial charge < -0.3 is 15.5 Å². The summed E-state index contributed by atoms with van der Waals surface area (Å²) < 4.78 is 0. The molecule has 1 heterocycles. The van der Waals surface area contributed by atoms with E-state index in [0.717, 1.165) is 50.8 Å². The first-order valence-electron chi connectivity index (χ1n) is 9.15. The molecule has 1 aliphatic heterocycles. The Morgan fingerprint density at radius 3 is 2.52 bits per heavy atom. The van der Waals surface area contributed by atoms with Crippen molar-refractivity contribution in [1.82, 2.24) is 10.6 Å². The quantitative estimate of drug-likeness (QED) is 0.809. The molecule has 2 N–H and O–H groups in total. The molecule has 1 saturated carbocycles. The summed E-state index contributed by atoms with van der Waals surface area (Å²) in [6, 6.07) is 8.27. The van der Waals surface area contributed by atoms with Crippen molar-refractivity contribution in [3.63, 3.8) is 0 Å². The molecule has 0 unspecified atom stereocenters. The fourth-order valence-corrected chi connectivity index (χ4v) is 3.80. The van der Waals surface area contributed by atoms with Crippen LogP contribution in [-0.2, 0) is 16.1 Å². The number of rotatable bonds is 5. The zero-order valence-corrected chi connectivity index (χ0v) is 14.9. The zero-order chi connectivity index (χ0) is 17.7. The molecule has 134 valence electrons. The van der Waals surface area contributed by atoms with Gasteiger partial charge in [-0.2, -0.15) is 0 Å². The zero-order valence-electron chi connectivity index (χ0n) is 14.9. The third-order valence-corrected chi connectivity index (χ3v) is 5.10. The van der Waals surface area contributed by atoms with Crippen molar-refractivity contribution >= 4 is 17.5 Å². The van der Waals surface area contributed by atoms with Gasteiger partial charge in [-0.3, -0.25) is 9.59 Å². The molecule has 0 atom stereocenters. The maximum absolute atomic E-state index is 12.8. The van der Waals surface area contributed by atoms with E-state index in [1.807, 2.05) is 12.1 Å². The van der Waals surface area contributed by atoms with Crippen molar-refractivity contribution in [3.8, 4) is 0 Å². The van der Waals surface area contributed by atoms with Gasteiger partial charge in [-0.1, -0.05) is 43.5 Å². The standard InChI is InChI=1S/C20H27N3O2/c1-16(24)22-20(10-3-2-4-11-20)19(25)21-15-17-8-7-9-18(14-17)23-12-5-6-13-23/h5-9,14H,2-4,10-13,15H2,1H3,(H,21,25)(H,22,24). The van der Waals surface area contributed by atoms with Gasteiger partial charge in [0, 0.05) is 32.2 Å². The number of anilines is 1. The van der Waals surface area contributed by atoms with Crippen LogP contribution in [0.5, 0.6) is 0 Å². The van der Waals surface area contributed by atoms with Crippen molar-refractivity contribution < 1.29 is 9.59 Å². The number of amides is 2. The molecule has 0 saturated heterocycles. The average Bonchev–Trinajstić information content (AvgIpc) is 3.15. The summed E-state index contributed by atoms with van der Waals surface area (Å²) in [6.45, 7) is 3.83. The topological polar surface area (TPSA) is 61.4 Å². The van der Waals surface area contributed by atoms with Gasteiger partial charge in [0.25, 0.3) is 0 Å². The van der Waals surface area contributed by atoms with Gasteiger partial charge in [0.05, 0.1) is 0 Å². The summed E-state index contributed by atoms with van der Waals surface area (Å²) in [5, 5.41) is 5.96. The second-order valence-electron chi connectivity index (χ2n) is 7.05. The first-order chi connectivity index (χ1) is 12.1. The summed E-state index contributed by atoms with van der Waals surface area (Å²) in [6.07, 6.45) is 8.84. The Kier molecular flexibility index (Phi) is 5.41. The maximum atomic E-state index is 12.8. The lowest BCUT2D eigenvalue weighted by Crippen LogP contribution is -2.59. The van der Waals surface area contributed by atoms with Gasteiger partial charge >= 0.3 is 0 Å². The molecule has 1 fully saturated rings. The maximum Gasteiger partial charge on any atom is 0.246 e. The minimum atomic E-state index is -0.736. The molecule has 2 amide bonds. The molecule has 1 aliphatic carbocycles. The van der Waals surface area contributed by atoms with E-state index in [2.05, 4.69) is 39.8 Å². The van der Waals surface area contributed by atoms with E-state index < -0.39 is 5.54 Å². The van der Waals surface area contributed by atoms with Crippen molar-refractivity contribution in [3.05, 3.63) is 42.0 Å². The molecular formula is C20H27N3O2. The number of carbonyl (C=O) groups is 2. The summed E-state index contributed by atoms with van der Waals surface area (Å²) >= 11 is 0. The van der Waals surface area contributed by atoms with Gasteiger partial charge in [-0.05, 0) is 30.5 Å². The van der Waals surface area contributed by atoms with Crippen LogP contribution in [0.2, 0.25) is 0 Å². The molecule has 25 heavy (non-hydrogen) atoms. The Hall–Kier alpha value is -2.30. The highest BCUT2D eigenvalue weighted by Crippen LogP contribution is 2.28. The predicted octanol–water partition coefficient (Wildman–Crippen LogP) is 2.52. The second-order valence-corrected chi connectivity index (χ2v) is 7.05. The Labute approximate surface area is 149 Å². The summed E-state index contributed by atoms with van der Waals surface area (Å²) in [7, 11) is 0. The number of nitrogens with zero attached hydrogens (tertiary/aromatic N) is 1. The molecule has 0 spiro atoms. The van der Waals surface area contributed by atoms with Crippen LogP contribution < -0.4 is 15.5 Å². The van der Waals surface area contributed by atoms with E-state index in [1.54, 1.807) is 0 Å². The molecule has 5 nitrogen and oxygen atoms in total. The van der Waals surface area contributed by atoms with Crippen LogP contribution in [0, 0.1) is 0 Å². The van der Waals surface area contributed by atoms with Crippen molar-refractivity contribution in [2.45, 2.75) is 51.1 Å². The van der Waals surface area contributed by atoms with Crippen LogP contribution in [-0.4, -0.2) is 30.4 Å². The van der Waals surface area contributed by atoms with Gasteiger partial charge in [-0.15, -0.1) is 0 Å². The predicted molar refractivity (Wildman–Crippen MR) is 99.3 cm³/mol. The molecule has 3 rings (SSSR count). The highest BCUT2D eigenvalue weighted by atomic mass is 16.2. The lowest BCUT2D eigenvalue weighted by Gasteiger charge is -2.36. The summed E-state index contributed by atoms with van der Waals surface area (Å²) in [5.41, 5.74) is 1.51. The minimum absolute atomic E-state index is 0.0596. The minimum Gasteiger partial charge on any atom is -0.364 e. The third-order valence-electron chi connectivity index (χ3n) is 5.10. The van der Waals surface area contributed by atoms with E-state index in [1.165, 1.54) is 12.6 Å². The van der Waals surface area contributed by atoms with Crippen LogP contribution in [0.3, 0.4) is 0 Å². The second kappa shape index (κ2) is 7.72. The Morgan fingerprint density at radius 1 is 1.12 bits per heavy atom. The molecular weight excluding hydrogens is 314 g/mol. The number of hydrogen-bond donors (Lipinski definition) is 2. The highest BCUT2D eigenvalue weighted by Gasteiger charge is 2.39. The largest absolute Gasteiger partial charge is 0.364 e. The smallest absolute Gasteiger partial charge is 0.246 e. The lowest BCUT2D eigenvalue weighted by molar-refractivity contribution is -0.134. The number of benzene rings is 1. The fourth-order valence-electron chi connectivity index (χ4n) is 3.80. The van der Waals surface area contributed by atoms with Crippen molar-refractivity contribution in [1.29, 1.82) is 0 Å². The third kappa shape index (κ3) is 4.21. The van der Waals surface area contributed by atoms with Crippen LogP contribution in [0.15, 0.2) is 36.4 Å². The van der Waals surface area contributed by atoms with Gasteiger partial charge in [0.2, 0.25) is 11.8 Å². The van der Waals surface area contributed by atoms with E-state index in [9.17, 15) is 9.59 Å². The van der Waals surface area contributed by atoms with Crippen molar-refractivity contribution in [2.75, 3.05) is 18.0 Å². The van der Waals surface area contributed by atoms with E-state index in [4.69, 9.17) is 0 Å². The molecule has 1 aromatic carbocycles. The molecule has 1 aromatic rings. The molecule has 0 aromatic heterocycles. The Bertz CT molecular complexity index is 655. The molecule has 0 radical (unpaired) electrons. The number of hydrogen-bond acceptors (Lipinski definition) is 3. The number of carbonyl (C=O) groups excluding carboxylic acids is 2. The fraction of sp³-hybridized carbons (Fsp3) is 0.500. The molecule has 5 heteroatoms. The van der Waals surface area contributed by atoms with Crippen LogP contribution >= 0.6 is 0 Å². The Balaban J connectivity index is 1.64. The van der Waals surface area contributed by atoms with E-state index in [0.29, 0.717) is 6.54 Å². The monoisotopic (exact) mass is 341 g/mol. The van der Waals surface area contributed by atoms with Crippen LogP contribution in [0.1, 0.15) is 44.6 Å².